The highest BCUT2D eigenvalue weighted by Gasteiger charge is 2.31. The minimum atomic E-state index is 0.300. The van der Waals surface area contributed by atoms with Gasteiger partial charge in [0.2, 0.25) is 0 Å². The predicted octanol–water partition coefficient (Wildman–Crippen LogP) is 29.7. The number of hydrogen-bond donors (Lipinski definition) is 0. The van der Waals surface area contributed by atoms with Crippen LogP contribution in [-0.4, -0.2) is 19.9 Å². The molecule has 0 saturated carbocycles. The number of pyridine rings is 4. The van der Waals surface area contributed by atoms with E-state index in [0.717, 1.165) is 12.8 Å². The maximum atomic E-state index is 4.35. The molecule has 564 valence electrons. The molecule has 8 aromatic rings. The number of rotatable bonds is 12. The Morgan fingerprint density at radius 1 is 0.216 bits per heavy atom. The van der Waals surface area contributed by atoms with Gasteiger partial charge in [0.1, 0.15) is 0 Å². The first-order valence-electron chi connectivity index (χ1n) is 38.7. The minimum Gasteiger partial charge on any atom is -0.261 e. The summed E-state index contributed by atoms with van der Waals surface area (Å²) in [5.41, 5.74) is 13.3. The van der Waals surface area contributed by atoms with Crippen LogP contribution in [0.1, 0.15) is 316 Å². The third-order valence-electron chi connectivity index (χ3n) is 21.0. The average Bonchev–Trinajstić information content (AvgIpc) is 0.849. The maximum Gasteiger partial charge on any atom is 0.0436 e. The molecule has 0 fully saturated rings. The first kappa shape index (κ1) is 93.5. The van der Waals surface area contributed by atoms with E-state index in [9.17, 15) is 0 Å². The Hall–Kier alpha value is -6.52. The Labute approximate surface area is 630 Å². The summed E-state index contributed by atoms with van der Waals surface area (Å²) in [6.45, 7) is 77.6. The van der Waals surface area contributed by atoms with Crippen LogP contribution in [-0.2, 0) is 12.8 Å². The predicted molar refractivity (Wildman–Crippen MR) is 453 cm³/mol. The smallest absolute Gasteiger partial charge is 0.0436 e. The molecule has 8 atom stereocenters. The molecule has 102 heavy (non-hydrogen) atoms. The topological polar surface area (TPSA) is 51.6 Å². The second-order valence-electron chi connectivity index (χ2n) is 38.3. The van der Waals surface area contributed by atoms with Crippen molar-refractivity contribution < 1.29 is 0 Å². The Morgan fingerprint density at radius 3 is 0.608 bits per heavy atom. The van der Waals surface area contributed by atoms with Crippen molar-refractivity contribution in [2.75, 3.05) is 0 Å². The summed E-state index contributed by atoms with van der Waals surface area (Å²) in [7, 11) is 0. The molecule has 0 aliphatic carbocycles. The van der Waals surface area contributed by atoms with E-state index in [1.54, 1.807) is 0 Å². The van der Waals surface area contributed by atoms with Gasteiger partial charge < -0.3 is 0 Å². The first-order valence-corrected chi connectivity index (χ1v) is 38.7. The van der Waals surface area contributed by atoms with Gasteiger partial charge in [-0.25, -0.2) is 0 Å². The summed E-state index contributed by atoms with van der Waals surface area (Å²) >= 11 is 0. The van der Waals surface area contributed by atoms with Crippen LogP contribution in [0.3, 0.4) is 0 Å². The van der Waals surface area contributed by atoms with Gasteiger partial charge in [-0.15, -0.1) is 0 Å². The summed E-state index contributed by atoms with van der Waals surface area (Å²) in [6.07, 6.45) is 9.60. The molecule has 0 amide bonds. The van der Waals surface area contributed by atoms with Gasteiger partial charge in [0.25, 0.3) is 0 Å². The number of aromatic nitrogens is 4. The fraction of sp³-hybridized carbons (Fsp3) is 0.551. The van der Waals surface area contributed by atoms with Gasteiger partial charge in [0.05, 0.1) is 0 Å². The zero-order chi connectivity index (χ0) is 78.1. The molecule has 4 aromatic heterocycles. The summed E-state index contributed by atoms with van der Waals surface area (Å²) in [5.74, 6) is 6.28. The average molecular weight is 1390 g/mol. The molecule has 4 nitrogen and oxygen atoms in total. The molecule has 0 saturated heterocycles. The van der Waals surface area contributed by atoms with Crippen LogP contribution in [0.4, 0.5) is 0 Å². The lowest BCUT2D eigenvalue weighted by Gasteiger charge is -2.34. The van der Waals surface area contributed by atoms with E-state index in [1.807, 2.05) is 61.2 Å². The lowest BCUT2D eigenvalue weighted by molar-refractivity contribution is 0.258. The van der Waals surface area contributed by atoms with E-state index in [1.165, 1.54) is 45.0 Å². The van der Waals surface area contributed by atoms with Crippen LogP contribution in [0, 0.1) is 67.0 Å². The lowest BCUT2D eigenvalue weighted by atomic mass is 9.71. The van der Waals surface area contributed by atoms with Crippen LogP contribution in [0.2, 0.25) is 0 Å². The minimum absolute atomic E-state index is 0.300. The quantitative estimate of drug-likeness (QED) is 0.122. The van der Waals surface area contributed by atoms with Gasteiger partial charge in [0.15, 0.2) is 0 Å². The highest BCUT2D eigenvalue weighted by Crippen LogP contribution is 2.42. The second kappa shape index (κ2) is 43.7. The van der Waals surface area contributed by atoms with Crippen molar-refractivity contribution in [2.45, 2.75) is 284 Å². The summed E-state index contributed by atoms with van der Waals surface area (Å²) in [5, 5.41) is 0. The van der Waals surface area contributed by atoms with Gasteiger partial charge in [-0.2, -0.15) is 0 Å². The van der Waals surface area contributed by atoms with Crippen LogP contribution in [0.5, 0.6) is 0 Å². The normalized spacial score (nSPS) is 14.3. The first-order chi connectivity index (χ1) is 46.9. The SMILES string of the molecule is CC(C)[C@@H](c1ccccc1)C(C)(C)C.CC(C)[C@H](c1ccccc1)C(C)(C)C.C[C@@H](Cc1ccccn1)C(C)(C)C.C[C@@H](c1ccccc1)C(C)(C)C.C[C@@H](c1ccccn1)C(C)(C)C.C[C@H](Cc1ccccn1)C(C)(C)C.C[C@H](c1ccccc1)C(C)(C)C.C[C@H](c1ccccn1)C(C)(C)C. The van der Waals surface area contributed by atoms with E-state index in [0.29, 0.717) is 102 Å². The molecular weight excluding hydrogens is 1230 g/mol. The standard InChI is InChI=1S/2C14H22.2C12H19N.2C12H18.2C11H17N/c2*1-11(2)13(14(3,4)5)12-9-7-6-8-10-12;2*1-10(12(2,3)4)9-11-7-5-6-8-13-11;2*1-10(12(2,3)4)11-8-6-5-7-9-11;2*1-9(11(2,3)4)10-7-5-6-8-12-10/h2*6-11,13H,1-5H3;2*5-8,10H,9H2,1-4H3;2*5-10H,1-4H3;2*5-9H,1-4H3/t2*13-;4*10-;2*9-/m10101010/s1. The number of nitrogens with zero attached hydrogens (tertiary/aromatic N) is 4. The Bertz CT molecular complexity index is 2980. The third-order valence-corrected chi connectivity index (χ3v) is 21.0. The highest BCUT2D eigenvalue weighted by atomic mass is 14.7. The fourth-order valence-corrected chi connectivity index (χ4v) is 12.0. The molecule has 0 aliphatic heterocycles. The van der Waals surface area contributed by atoms with Gasteiger partial charge in [-0.3, -0.25) is 19.9 Å². The molecule has 0 bridgehead atoms. The van der Waals surface area contributed by atoms with E-state index in [4.69, 9.17) is 0 Å². The van der Waals surface area contributed by atoms with E-state index in [-0.39, 0.29) is 0 Å². The van der Waals surface area contributed by atoms with Crippen molar-refractivity contribution in [1.82, 2.24) is 19.9 Å². The molecule has 0 N–H and O–H groups in total. The zero-order valence-corrected chi connectivity index (χ0v) is 71.8. The van der Waals surface area contributed by atoms with Crippen molar-refractivity contribution >= 4 is 0 Å². The van der Waals surface area contributed by atoms with E-state index in [2.05, 4.69) is 413 Å². The second-order valence-corrected chi connectivity index (χ2v) is 38.3. The van der Waals surface area contributed by atoms with Crippen molar-refractivity contribution in [1.29, 1.82) is 0 Å². The van der Waals surface area contributed by atoms with Crippen LogP contribution >= 0.6 is 0 Å². The van der Waals surface area contributed by atoms with Crippen molar-refractivity contribution in [2.24, 2.45) is 67.0 Å². The largest absolute Gasteiger partial charge is 0.261 e. The number of hydrogen-bond acceptors (Lipinski definition) is 4. The molecule has 4 heteroatoms. The van der Waals surface area contributed by atoms with Gasteiger partial charge in [-0.05, 0) is 174 Å². The third kappa shape index (κ3) is 37.8. The monoisotopic (exact) mass is 1390 g/mol. The molecule has 4 aromatic carbocycles. The van der Waals surface area contributed by atoms with Gasteiger partial charge >= 0.3 is 0 Å². The lowest BCUT2D eigenvalue weighted by Crippen LogP contribution is -2.23. The number of benzene rings is 4. The molecule has 4 heterocycles. The van der Waals surface area contributed by atoms with Crippen molar-refractivity contribution in [3.63, 3.8) is 0 Å². The summed E-state index contributed by atoms with van der Waals surface area (Å²) < 4.78 is 0. The highest BCUT2D eigenvalue weighted by molar-refractivity contribution is 5.25. The van der Waals surface area contributed by atoms with Gasteiger partial charge in [0, 0.05) is 59.4 Å². The van der Waals surface area contributed by atoms with Crippen molar-refractivity contribution in [3.05, 3.63) is 264 Å². The van der Waals surface area contributed by atoms with Crippen LogP contribution < -0.4 is 0 Å². The van der Waals surface area contributed by atoms with Crippen LogP contribution in [0.15, 0.2) is 219 Å². The summed E-state index contributed by atoms with van der Waals surface area (Å²) in [6, 6.07) is 67.5. The molecule has 8 rings (SSSR count). The molecule has 0 spiro atoms. The molecule has 0 radical (unpaired) electrons. The zero-order valence-electron chi connectivity index (χ0n) is 71.8. The Morgan fingerprint density at radius 2 is 0.431 bits per heavy atom. The molecular formula is C98H152N4. The molecule has 0 unspecified atom stereocenters. The Balaban J connectivity index is 0.000000583. The van der Waals surface area contributed by atoms with E-state index >= 15 is 0 Å². The summed E-state index contributed by atoms with van der Waals surface area (Å²) in [4.78, 5) is 17.4. The van der Waals surface area contributed by atoms with Crippen LogP contribution in [0.25, 0.3) is 0 Å². The fourth-order valence-electron chi connectivity index (χ4n) is 12.0. The van der Waals surface area contributed by atoms with Gasteiger partial charge in [-0.1, -0.05) is 381 Å². The van der Waals surface area contributed by atoms with E-state index < -0.39 is 0 Å². The van der Waals surface area contributed by atoms with Crippen molar-refractivity contribution in [3.8, 4) is 0 Å². The maximum absolute atomic E-state index is 4.35. The molecule has 0 aliphatic rings. The Kier molecular flexibility index (Phi) is 40.0.